The fourth-order valence-electron chi connectivity index (χ4n) is 2.17. The first kappa shape index (κ1) is 9.78. The summed E-state index contributed by atoms with van der Waals surface area (Å²) < 4.78 is 5.74. The zero-order chi connectivity index (χ0) is 11.0. The molecule has 1 aliphatic heterocycles. The molecular formula is C12H15N3O. The first-order valence-electron chi connectivity index (χ1n) is 5.78. The average Bonchev–Trinajstić information content (AvgIpc) is 2.73. The summed E-state index contributed by atoms with van der Waals surface area (Å²) in [5.74, 6) is 1.31. The van der Waals surface area contributed by atoms with Gasteiger partial charge in [-0.2, -0.15) is 0 Å². The highest BCUT2D eigenvalue weighted by Crippen LogP contribution is 2.26. The molecule has 1 aliphatic rings. The summed E-state index contributed by atoms with van der Waals surface area (Å²) in [6.07, 6.45) is 2.21. The maximum atomic E-state index is 5.74. The number of oxazole rings is 1. The minimum atomic E-state index is 0.454. The van der Waals surface area contributed by atoms with Crippen LogP contribution in [0, 0.1) is 6.92 Å². The van der Waals surface area contributed by atoms with Crippen LogP contribution in [0.1, 0.15) is 30.3 Å². The quantitative estimate of drug-likeness (QED) is 0.793. The van der Waals surface area contributed by atoms with Gasteiger partial charge in [-0.1, -0.05) is 0 Å². The number of pyridine rings is 1. The third-order valence-electron chi connectivity index (χ3n) is 3.10. The van der Waals surface area contributed by atoms with Crippen molar-refractivity contribution < 1.29 is 4.42 Å². The van der Waals surface area contributed by atoms with Crippen LogP contribution in [0.2, 0.25) is 0 Å². The second kappa shape index (κ2) is 3.87. The summed E-state index contributed by atoms with van der Waals surface area (Å²) in [6, 6.07) is 3.95. The predicted octanol–water partition coefficient (Wildman–Crippen LogP) is 2.00. The smallest absolute Gasteiger partial charge is 0.247 e. The van der Waals surface area contributed by atoms with E-state index in [1.54, 1.807) is 0 Å². The Balaban J connectivity index is 1.97. The topological polar surface area (TPSA) is 51.0 Å². The maximum absolute atomic E-state index is 5.74. The highest BCUT2D eigenvalue weighted by atomic mass is 16.4. The molecule has 4 nitrogen and oxygen atoms in total. The molecule has 2 aromatic heterocycles. The molecule has 1 fully saturated rings. The Hall–Kier alpha value is -1.42. The molecule has 0 atom stereocenters. The summed E-state index contributed by atoms with van der Waals surface area (Å²) in [5.41, 5.74) is 2.52. The van der Waals surface area contributed by atoms with Gasteiger partial charge in [-0.3, -0.25) is 0 Å². The summed E-state index contributed by atoms with van der Waals surface area (Å²) in [6.45, 7) is 4.07. The minimum Gasteiger partial charge on any atom is -0.422 e. The molecule has 3 rings (SSSR count). The number of aryl methyl sites for hydroxylation is 1. The molecule has 1 saturated heterocycles. The lowest BCUT2D eigenvalue weighted by molar-refractivity contribution is 0.383. The van der Waals surface area contributed by atoms with Crippen molar-refractivity contribution in [2.24, 2.45) is 0 Å². The highest BCUT2D eigenvalue weighted by Gasteiger charge is 2.20. The van der Waals surface area contributed by atoms with E-state index >= 15 is 0 Å². The number of hydrogen-bond donors (Lipinski definition) is 1. The van der Waals surface area contributed by atoms with E-state index in [1.165, 1.54) is 0 Å². The van der Waals surface area contributed by atoms with Crippen molar-refractivity contribution in [2.45, 2.75) is 25.7 Å². The van der Waals surface area contributed by atoms with Crippen LogP contribution in [-0.2, 0) is 0 Å². The Bertz CT molecular complexity index is 500. The van der Waals surface area contributed by atoms with Crippen molar-refractivity contribution in [3.8, 4) is 0 Å². The van der Waals surface area contributed by atoms with E-state index in [9.17, 15) is 0 Å². The highest BCUT2D eigenvalue weighted by molar-refractivity contribution is 5.68. The largest absolute Gasteiger partial charge is 0.422 e. The van der Waals surface area contributed by atoms with Crippen LogP contribution in [0.5, 0.6) is 0 Å². The molecule has 2 aromatic rings. The molecule has 0 unspecified atom stereocenters. The molecule has 16 heavy (non-hydrogen) atoms. The lowest BCUT2D eigenvalue weighted by Crippen LogP contribution is -2.26. The van der Waals surface area contributed by atoms with Gasteiger partial charge in [0.15, 0.2) is 0 Å². The zero-order valence-electron chi connectivity index (χ0n) is 9.36. The first-order valence-corrected chi connectivity index (χ1v) is 5.78. The third-order valence-corrected chi connectivity index (χ3v) is 3.10. The molecule has 0 aliphatic carbocycles. The van der Waals surface area contributed by atoms with Crippen molar-refractivity contribution in [3.63, 3.8) is 0 Å². The summed E-state index contributed by atoms with van der Waals surface area (Å²) in [4.78, 5) is 8.87. The molecule has 0 radical (unpaired) electrons. The number of nitrogens with one attached hydrogen (secondary N) is 1. The maximum Gasteiger partial charge on any atom is 0.247 e. The van der Waals surface area contributed by atoms with Crippen LogP contribution >= 0.6 is 0 Å². The predicted molar refractivity (Wildman–Crippen MR) is 61.4 cm³/mol. The van der Waals surface area contributed by atoms with Gasteiger partial charge in [0.2, 0.25) is 11.6 Å². The molecule has 1 N–H and O–H groups in total. The monoisotopic (exact) mass is 217 g/mol. The van der Waals surface area contributed by atoms with E-state index < -0.39 is 0 Å². The Kier molecular flexibility index (Phi) is 2.36. The van der Waals surface area contributed by atoms with Gasteiger partial charge in [-0.15, -0.1) is 0 Å². The van der Waals surface area contributed by atoms with E-state index in [0.717, 1.165) is 43.0 Å². The van der Waals surface area contributed by atoms with Crippen LogP contribution in [-0.4, -0.2) is 23.1 Å². The first-order chi connectivity index (χ1) is 7.83. The van der Waals surface area contributed by atoms with Gasteiger partial charge >= 0.3 is 0 Å². The van der Waals surface area contributed by atoms with Gasteiger partial charge in [0.05, 0.1) is 0 Å². The van der Waals surface area contributed by atoms with Gasteiger partial charge in [0.25, 0.3) is 0 Å². The van der Waals surface area contributed by atoms with Crippen LogP contribution in [0.25, 0.3) is 11.2 Å². The number of rotatable bonds is 1. The van der Waals surface area contributed by atoms with Crippen LogP contribution < -0.4 is 5.32 Å². The van der Waals surface area contributed by atoms with E-state index in [0.29, 0.717) is 11.6 Å². The van der Waals surface area contributed by atoms with Crippen LogP contribution in [0.3, 0.4) is 0 Å². The molecule has 4 heteroatoms. The molecule has 3 heterocycles. The summed E-state index contributed by atoms with van der Waals surface area (Å²) >= 11 is 0. The fourth-order valence-corrected chi connectivity index (χ4v) is 2.17. The van der Waals surface area contributed by atoms with Crippen molar-refractivity contribution in [1.82, 2.24) is 15.3 Å². The van der Waals surface area contributed by atoms with E-state index in [2.05, 4.69) is 15.3 Å². The van der Waals surface area contributed by atoms with Crippen LogP contribution in [0.4, 0.5) is 0 Å². The van der Waals surface area contributed by atoms with E-state index in [4.69, 9.17) is 4.42 Å². The number of hydrogen-bond acceptors (Lipinski definition) is 4. The Morgan fingerprint density at radius 1 is 1.25 bits per heavy atom. The molecule has 0 spiro atoms. The standard InChI is InChI=1S/C12H15N3O/c1-8-2-3-10-12(14-8)16-11(15-10)9-4-6-13-7-5-9/h2-3,9,13H,4-7H2,1H3. The van der Waals surface area contributed by atoms with Gasteiger partial charge in [0, 0.05) is 11.6 Å². The minimum absolute atomic E-state index is 0.454. The van der Waals surface area contributed by atoms with E-state index in [-0.39, 0.29) is 0 Å². The van der Waals surface area contributed by atoms with Gasteiger partial charge in [0.1, 0.15) is 5.52 Å². The third kappa shape index (κ3) is 1.69. The summed E-state index contributed by atoms with van der Waals surface area (Å²) in [7, 11) is 0. The second-order valence-corrected chi connectivity index (χ2v) is 4.35. The zero-order valence-corrected chi connectivity index (χ0v) is 9.36. The van der Waals surface area contributed by atoms with Gasteiger partial charge in [-0.25, -0.2) is 9.97 Å². The number of piperidine rings is 1. The van der Waals surface area contributed by atoms with Gasteiger partial charge < -0.3 is 9.73 Å². The fraction of sp³-hybridized carbons (Fsp3) is 0.500. The molecular weight excluding hydrogens is 202 g/mol. The van der Waals surface area contributed by atoms with Gasteiger partial charge in [-0.05, 0) is 45.0 Å². The Labute approximate surface area is 94.1 Å². The van der Waals surface area contributed by atoms with Crippen molar-refractivity contribution >= 4 is 11.2 Å². The lowest BCUT2D eigenvalue weighted by Gasteiger charge is -2.19. The number of aromatic nitrogens is 2. The van der Waals surface area contributed by atoms with E-state index in [1.807, 2.05) is 19.1 Å². The van der Waals surface area contributed by atoms with Crippen molar-refractivity contribution in [1.29, 1.82) is 0 Å². The second-order valence-electron chi connectivity index (χ2n) is 4.35. The van der Waals surface area contributed by atoms with Crippen molar-refractivity contribution in [3.05, 3.63) is 23.7 Å². The SMILES string of the molecule is Cc1ccc2nc(C3CCNCC3)oc2n1. The average molecular weight is 217 g/mol. The Morgan fingerprint density at radius 2 is 2.06 bits per heavy atom. The molecule has 0 amide bonds. The molecule has 84 valence electrons. The number of fused-ring (bicyclic) bond motifs is 1. The van der Waals surface area contributed by atoms with Crippen molar-refractivity contribution in [2.75, 3.05) is 13.1 Å². The number of nitrogens with zero attached hydrogens (tertiary/aromatic N) is 2. The molecule has 0 saturated carbocycles. The normalized spacial score (nSPS) is 18.1. The molecule has 0 aromatic carbocycles. The summed E-state index contributed by atoms with van der Waals surface area (Å²) in [5, 5.41) is 3.34. The molecule has 0 bridgehead atoms. The van der Waals surface area contributed by atoms with Crippen LogP contribution in [0.15, 0.2) is 16.5 Å². The Morgan fingerprint density at radius 3 is 2.88 bits per heavy atom. The lowest BCUT2D eigenvalue weighted by atomic mass is 9.98.